The van der Waals surface area contributed by atoms with E-state index in [1.165, 1.54) is 9.75 Å². The molecule has 126 valence electrons. The van der Waals surface area contributed by atoms with Crippen LogP contribution in [0.5, 0.6) is 0 Å². The molecule has 0 saturated carbocycles. The SMILES string of the molecule is O=C1CS[C@H](c2cccs2)N1CCN1C(=O)CS[C@@H]1c1cccs1. The van der Waals surface area contributed by atoms with Crippen molar-refractivity contribution in [2.45, 2.75) is 10.7 Å². The lowest BCUT2D eigenvalue weighted by atomic mass is 10.3. The van der Waals surface area contributed by atoms with Gasteiger partial charge in [-0.1, -0.05) is 12.1 Å². The molecule has 2 aromatic rings. The molecule has 0 radical (unpaired) electrons. The Morgan fingerprint density at radius 2 is 1.29 bits per heavy atom. The number of amides is 2. The molecule has 0 aliphatic carbocycles. The standard InChI is InChI=1S/C16H16N2O2S4/c19-13-9-23-15(11-3-1-7-21-11)17(13)5-6-18-14(20)10-24-16(18)12-4-2-8-22-12/h1-4,7-8,15-16H,5-6,9-10H2/t15-,16-/m1/s1. The minimum absolute atomic E-state index is 0.100. The van der Waals surface area contributed by atoms with Crippen LogP contribution in [0.1, 0.15) is 20.5 Å². The summed E-state index contributed by atoms with van der Waals surface area (Å²) in [5.74, 6) is 1.40. The third kappa shape index (κ3) is 3.12. The molecule has 8 heteroatoms. The largest absolute Gasteiger partial charge is 0.323 e. The normalized spacial score (nSPS) is 24.3. The molecule has 0 N–H and O–H groups in total. The first-order valence-electron chi connectivity index (χ1n) is 7.63. The van der Waals surface area contributed by atoms with Crippen molar-refractivity contribution in [1.29, 1.82) is 0 Å². The Kier molecular flexibility index (Phi) is 4.89. The molecule has 2 aliphatic rings. The fourth-order valence-electron chi connectivity index (χ4n) is 2.94. The second-order valence-corrected chi connectivity index (χ2v) is 9.63. The smallest absolute Gasteiger partial charge is 0.233 e. The Morgan fingerprint density at radius 1 is 0.833 bits per heavy atom. The molecule has 0 spiro atoms. The molecule has 24 heavy (non-hydrogen) atoms. The van der Waals surface area contributed by atoms with E-state index in [1.54, 1.807) is 46.2 Å². The molecule has 4 rings (SSSR count). The van der Waals surface area contributed by atoms with Crippen LogP contribution in [0.2, 0.25) is 0 Å². The van der Waals surface area contributed by atoms with Gasteiger partial charge >= 0.3 is 0 Å². The van der Waals surface area contributed by atoms with Crippen LogP contribution < -0.4 is 0 Å². The second kappa shape index (κ2) is 7.11. The van der Waals surface area contributed by atoms with Gasteiger partial charge in [0.2, 0.25) is 11.8 Å². The third-order valence-corrected chi connectivity index (χ3v) is 8.71. The van der Waals surface area contributed by atoms with Crippen LogP contribution in [0.3, 0.4) is 0 Å². The van der Waals surface area contributed by atoms with E-state index in [0.29, 0.717) is 24.6 Å². The van der Waals surface area contributed by atoms with Crippen molar-refractivity contribution in [2.24, 2.45) is 0 Å². The highest BCUT2D eigenvalue weighted by molar-refractivity contribution is 8.01. The summed E-state index contributed by atoms with van der Waals surface area (Å²) in [5.41, 5.74) is 0. The summed E-state index contributed by atoms with van der Waals surface area (Å²) in [6, 6.07) is 8.21. The van der Waals surface area contributed by atoms with Crippen LogP contribution in [0.15, 0.2) is 35.0 Å². The average Bonchev–Trinajstić information content (AvgIpc) is 3.33. The lowest BCUT2D eigenvalue weighted by Crippen LogP contribution is -2.38. The Balaban J connectivity index is 1.46. The van der Waals surface area contributed by atoms with Gasteiger partial charge in [-0.15, -0.1) is 46.2 Å². The molecular formula is C16H16N2O2S4. The lowest BCUT2D eigenvalue weighted by molar-refractivity contribution is -0.132. The molecule has 2 aromatic heterocycles. The summed E-state index contributed by atoms with van der Waals surface area (Å²) >= 11 is 6.73. The second-order valence-electron chi connectivity index (χ2n) is 5.53. The fraction of sp³-hybridized carbons (Fsp3) is 0.375. The first kappa shape index (κ1) is 16.5. The van der Waals surface area contributed by atoms with E-state index >= 15 is 0 Å². The number of nitrogens with zero attached hydrogens (tertiary/aromatic N) is 2. The number of carbonyl (C=O) groups excluding carboxylic acids is 2. The molecule has 0 bridgehead atoms. The molecule has 4 nitrogen and oxygen atoms in total. The van der Waals surface area contributed by atoms with Gasteiger partial charge in [0.15, 0.2) is 0 Å². The number of carbonyl (C=O) groups is 2. The summed E-state index contributed by atoms with van der Waals surface area (Å²) in [7, 11) is 0. The van der Waals surface area contributed by atoms with Crippen LogP contribution in [-0.2, 0) is 9.59 Å². The maximum absolute atomic E-state index is 12.3. The van der Waals surface area contributed by atoms with Gasteiger partial charge in [0.05, 0.1) is 11.5 Å². The van der Waals surface area contributed by atoms with Crippen LogP contribution >= 0.6 is 46.2 Å². The summed E-state index contributed by atoms with van der Waals surface area (Å²) in [6.07, 6.45) is 0. The van der Waals surface area contributed by atoms with Gasteiger partial charge in [-0.05, 0) is 22.9 Å². The van der Waals surface area contributed by atoms with Gasteiger partial charge in [-0.2, -0.15) is 0 Å². The molecule has 2 atom stereocenters. The van der Waals surface area contributed by atoms with Crippen molar-refractivity contribution in [3.8, 4) is 0 Å². The molecule has 2 fully saturated rings. The van der Waals surface area contributed by atoms with Crippen LogP contribution in [-0.4, -0.2) is 46.2 Å². The van der Waals surface area contributed by atoms with Gasteiger partial charge in [-0.25, -0.2) is 0 Å². The van der Waals surface area contributed by atoms with Gasteiger partial charge in [0.1, 0.15) is 10.7 Å². The molecule has 2 saturated heterocycles. The van der Waals surface area contributed by atoms with E-state index in [2.05, 4.69) is 12.1 Å². The van der Waals surface area contributed by atoms with Crippen LogP contribution in [0.25, 0.3) is 0 Å². The number of rotatable bonds is 5. The highest BCUT2D eigenvalue weighted by atomic mass is 32.2. The van der Waals surface area contributed by atoms with E-state index in [0.717, 1.165) is 0 Å². The Labute approximate surface area is 157 Å². The van der Waals surface area contributed by atoms with E-state index in [-0.39, 0.29) is 22.6 Å². The topological polar surface area (TPSA) is 40.6 Å². The molecule has 4 heterocycles. The van der Waals surface area contributed by atoms with Crippen molar-refractivity contribution in [1.82, 2.24) is 9.80 Å². The van der Waals surface area contributed by atoms with Crippen molar-refractivity contribution >= 4 is 58.0 Å². The van der Waals surface area contributed by atoms with Crippen LogP contribution in [0.4, 0.5) is 0 Å². The van der Waals surface area contributed by atoms with Crippen molar-refractivity contribution in [2.75, 3.05) is 24.6 Å². The maximum Gasteiger partial charge on any atom is 0.233 e. The first-order chi connectivity index (χ1) is 11.7. The molecule has 0 aromatic carbocycles. The lowest BCUT2D eigenvalue weighted by Gasteiger charge is -2.28. The Morgan fingerprint density at radius 3 is 1.67 bits per heavy atom. The monoisotopic (exact) mass is 396 g/mol. The third-order valence-electron chi connectivity index (χ3n) is 4.09. The van der Waals surface area contributed by atoms with Gasteiger partial charge in [-0.3, -0.25) is 9.59 Å². The van der Waals surface area contributed by atoms with Crippen molar-refractivity contribution in [3.63, 3.8) is 0 Å². The summed E-state index contributed by atoms with van der Waals surface area (Å²) in [5, 5.41) is 4.29. The zero-order chi connectivity index (χ0) is 16.5. The van der Waals surface area contributed by atoms with E-state index in [9.17, 15) is 9.59 Å². The first-order valence-corrected chi connectivity index (χ1v) is 11.5. The predicted molar refractivity (Wildman–Crippen MR) is 102 cm³/mol. The number of hydrogen-bond donors (Lipinski definition) is 0. The predicted octanol–water partition coefficient (Wildman–Crippen LogP) is 3.66. The van der Waals surface area contributed by atoms with Gasteiger partial charge in [0, 0.05) is 22.8 Å². The number of thioether (sulfide) groups is 2. The molecule has 2 amide bonds. The molecular weight excluding hydrogens is 380 g/mol. The quantitative estimate of drug-likeness (QED) is 0.773. The van der Waals surface area contributed by atoms with E-state index in [4.69, 9.17) is 0 Å². The van der Waals surface area contributed by atoms with E-state index in [1.807, 2.05) is 32.7 Å². The Bertz CT molecular complexity index is 654. The minimum atomic E-state index is 0.100. The van der Waals surface area contributed by atoms with Gasteiger partial charge in [0.25, 0.3) is 0 Å². The highest BCUT2D eigenvalue weighted by Gasteiger charge is 2.37. The number of thiophene rings is 2. The maximum atomic E-state index is 12.3. The minimum Gasteiger partial charge on any atom is -0.323 e. The average molecular weight is 397 g/mol. The zero-order valence-electron chi connectivity index (χ0n) is 12.8. The summed E-state index contributed by atoms with van der Waals surface area (Å²) in [4.78, 5) is 30.8. The van der Waals surface area contributed by atoms with Crippen molar-refractivity contribution < 1.29 is 9.59 Å². The molecule has 2 aliphatic heterocycles. The highest BCUT2D eigenvalue weighted by Crippen LogP contribution is 2.42. The van der Waals surface area contributed by atoms with E-state index < -0.39 is 0 Å². The van der Waals surface area contributed by atoms with Crippen LogP contribution in [0, 0.1) is 0 Å². The fourth-order valence-corrected chi connectivity index (χ4v) is 7.34. The van der Waals surface area contributed by atoms with Gasteiger partial charge < -0.3 is 9.80 Å². The number of hydrogen-bond acceptors (Lipinski definition) is 6. The summed E-state index contributed by atoms with van der Waals surface area (Å²) < 4.78 is 0. The molecule has 0 unspecified atom stereocenters. The summed E-state index contributed by atoms with van der Waals surface area (Å²) in [6.45, 7) is 1.20. The Hall–Kier alpha value is -0.960. The zero-order valence-corrected chi connectivity index (χ0v) is 16.1. The van der Waals surface area contributed by atoms with Crippen molar-refractivity contribution in [3.05, 3.63) is 44.8 Å².